The van der Waals surface area contributed by atoms with Crippen LogP contribution in [-0.2, 0) is 68.4 Å². The molecule has 0 N–H and O–H groups in total. The monoisotopic (exact) mass is 1460 g/mol. The molecule has 0 bridgehead atoms. The summed E-state index contributed by atoms with van der Waals surface area (Å²) in [5.41, 5.74) is -1.97. The molecule has 105 heavy (non-hydrogen) atoms. The van der Waals surface area contributed by atoms with E-state index in [1.54, 1.807) is 0 Å². The van der Waals surface area contributed by atoms with Gasteiger partial charge in [0.15, 0.2) is 0 Å². The topological polar surface area (TPSA) is 158 Å². The third kappa shape index (κ3) is 26.2. The first-order chi connectivity index (χ1) is 48.7. The highest BCUT2D eigenvalue weighted by Gasteiger charge is 2.51. The zero-order chi connectivity index (χ0) is 79.7. The van der Waals surface area contributed by atoms with Crippen LogP contribution in [0, 0.1) is 43.3 Å². The van der Waals surface area contributed by atoms with Gasteiger partial charge in [0.2, 0.25) is 0 Å². The molecule has 6 aliphatic carbocycles. The quantitative estimate of drug-likeness (QED) is 0.0625. The second kappa shape index (κ2) is 39.9. The lowest BCUT2D eigenvalue weighted by atomic mass is 9.68. The molecule has 6 saturated carbocycles. The smallest absolute Gasteiger partial charge is 0.312 e. The van der Waals surface area contributed by atoms with E-state index in [-0.39, 0.29) is 96.3 Å². The Labute approximate surface area is 641 Å². The van der Waals surface area contributed by atoms with E-state index < -0.39 is 16.4 Å². The van der Waals surface area contributed by atoms with Crippen LogP contribution >= 0.6 is 0 Å². The first-order valence-corrected chi connectivity index (χ1v) is 41.5. The lowest BCUT2D eigenvalue weighted by Gasteiger charge is -2.47. The highest BCUT2D eigenvalue weighted by atomic mass is 16.6. The normalized spacial score (nSPS) is 19.6. The Bertz CT molecular complexity index is 2980. The van der Waals surface area contributed by atoms with Crippen LogP contribution in [0.4, 0.5) is 0 Å². The van der Waals surface area contributed by atoms with Crippen molar-refractivity contribution in [2.24, 2.45) is 43.3 Å². The molecule has 0 atom stereocenters. The van der Waals surface area contributed by atoms with E-state index in [2.05, 4.69) is 79.0 Å². The molecule has 2 aromatic carbocycles. The Morgan fingerprint density at radius 2 is 0.476 bits per heavy atom. The van der Waals surface area contributed by atoms with Gasteiger partial charge in [-0.05, 0) is 299 Å². The molecule has 6 aliphatic rings. The Morgan fingerprint density at radius 3 is 0.705 bits per heavy atom. The van der Waals surface area contributed by atoms with E-state index in [0.717, 1.165) is 178 Å². The van der Waals surface area contributed by atoms with E-state index in [4.69, 9.17) is 28.4 Å². The molecule has 2 aromatic rings. The first kappa shape index (κ1) is 93.9. The molecular weight excluding hydrogens is 1310 g/mol. The number of ether oxygens (including phenoxy) is 6. The molecule has 0 aliphatic heterocycles. The molecule has 12 nitrogen and oxygen atoms in total. The lowest BCUT2D eigenvalue weighted by Crippen LogP contribution is -2.50. The molecule has 0 aromatic heterocycles. The third-order valence-electron chi connectivity index (χ3n) is 25.7. The molecule has 0 saturated heterocycles. The highest BCUT2D eigenvalue weighted by molar-refractivity contribution is 5.79. The summed E-state index contributed by atoms with van der Waals surface area (Å²) in [7, 11) is 0. The van der Waals surface area contributed by atoms with Gasteiger partial charge < -0.3 is 28.4 Å². The predicted octanol–water partition coefficient (Wildman–Crippen LogP) is 25.6. The van der Waals surface area contributed by atoms with Crippen LogP contribution in [0.1, 0.15) is 389 Å². The maximum absolute atomic E-state index is 12.5. The van der Waals surface area contributed by atoms with Gasteiger partial charge in [0.25, 0.3) is 0 Å². The molecule has 0 spiro atoms. The summed E-state index contributed by atoms with van der Waals surface area (Å²) in [6.07, 6.45) is 37.6. The standard InChI is InChI=1S/C18H26O2.C17H24O2.C16H30O2.C15H28O2.C14H24O2.C13H22O2/c1-4-17(2,3)16(19)20-18(13-9-6-10-14-18)15-11-7-5-8-12-15;1-4-16(2,3)15(18)19-17(12-8-9-13-17)14-10-6-5-7-11-14;1-7-15(5,6)13(17)18-16(14(2,3)4)11-9-8-10-12-16;1-7-14(5,6)12(16)17-15(13(2,3)4)10-8-9-11-15;1-5-13(3,4)12(15)16-14(6-2)10-8-7-9-11-14;1-5-12(3,4)11(14)15-13(6-2)9-7-8-10-13/h5,7-8,11-12H,4,6,9-10,13-14H2,1-3H3;5-7,10-11H,4,8-9,12-13H2,1-3H3;7-12H2,1-6H3;7-11H2,1-6H3;6H,2,5,7-11H2,1,3-4H3;6H,2,5,7-10H2,1,3-4H3. The molecule has 6 fully saturated rings. The van der Waals surface area contributed by atoms with Crippen molar-refractivity contribution in [2.75, 3.05) is 0 Å². The second-order valence-corrected chi connectivity index (χ2v) is 37.8. The van der Waals surface area contributed by atoms with Gasteiger partial charge >= 0.3 is 35.8 Å². The molecule has 0 amide bonds. The summed E-state index contributed by atoms with van der Waals surface area (Å²) in [6.45, 7) is 56.5. The predicted molar refractivity (Wildman–Crippen MR) is 432 cm³/mol. The fourth-order valence-corrected chi connectivity index (χ4v) is 14.1. The van der Waals surface area contributed by atoms with Crippen LogP contribution in [0.2, 0.25) is 0 Å². The van der Waals surface area contributed by atoms with Crippen molar-refractivity contribution < 1.29 is 57.2 Å². The average molecular weight is 1460 g/mol. The number of carbonyl (C=O) groups excluding carboxylic acids is 6. The second-order valence-electron chi connectivity index (χ2n) is 37.8. The molecule has 0 heterocycles. The average Bonchev–Trinajstić information content (AvgIpc) is 1.41. The number of benzene rings is 2. The SMILES string of the molecule is C=CC1(OC(=O)C(C)(C)CC)CCCC1.C=CC1(OC(=O)C(C)(C)CC)CCCCC1.CCC(C)(C)C(=O)OC1(C(C)(C)C)CCCC1.CCC(C)(C)C(=O)OC1(C(C)(C)C)CCCCC1.CCC(C)(C)C(=O)OC1(c2ccccc2)CCCC1.CCC(C)(C)C(=O)OC1(c2ccccc2)CCCCC1. The van der Waals surface area contributed by atoms with Crippen molar-refractivity contribution in [3.8, 4) is 0 Å². The zero-order valence-electron chi connectivity index (χ0n) is 71.6. The number of esters is 6. The van der Waals surface area contributed by atoms with Crippen LogP contribution in [0.5, 0.6) is 0 Å². The zero-order valence-corrected chi connectivity index (χ0v) is 71.6. The summed E-state index contributed by atoms with van der Waals surface area (Å²) >= 11 is 0. The molecular formula is C93H154O12. The Hall–Kier alpha value is -5.26. The largest absolute Gasteiger partial charge is 0.458 e. The minimum atomic E-state index is -0.404. The minimum Gasteiger partial charge on any atom is -0.458 e. The van der Waals surface area contributed by atoms with E-state index in [1.165, 1.54) is 44.9 Å². The van der Waals surface area contributed by atoms with Crippen molar-refractivity contribution >= 4 is 35.8 Å². The Kier molecular flexibility index (Phi) is 35.7. The maximum atomic E-state index is 12.5. The van der Waals surface area contributed by atoms with Crippen LogP contribution < -0.4 is 0 Å². The molecule has 0 unspecified atom stereocenters. The van der Waals surface area contributed by atoms with E-state index >= 15 is 0 Å². The van der Waals surface area contributed by atoms with Gasteiger partial charge in [-0.1, -0.05) is 176 Å². The number of rotatable bonds is 22. The maximum Gasteiger partial charge on any atom is 0.312 e. The van der Waals surface area contributed by atoms with Gasteiger partial charge in [-0.15, -0.1) is 0 Å². The molecule has 8 rings (SSSR count). The molecule has 12 heteroatoms. The number of hydrogen-bond acceptors (Lipinski definition) is 12. The summed E-state index contributed by atoms with van der Waals surface area (Å²) in [5.74, 6) is -0.367. The van der Waals surface area contributed by atoms with Gasteiger partial charge in [-0.2, -0.15) is 0 Å². The Balaban J connectivity index is 0.000000328. The first-order valence-electron chi connectivity index (χ1n) is 41.5. The summed E-state index contributed by atoms with van der Waals surface area (Å²) in [4.78, 5) is 73.6. The van der Waals surface area contributed by atoms with Crippen LogP contribution in [0.3, 0.4) is 0 Å². The third-order valence-corrected chi connectivity index (χ3v) is 25.7. The van der Waals surface area contributed by atoms with Crippen molar-refractivity contribution in [3.05, 3.63) is 97.1 Å². The van der Waals surface area contributed by atoms with E-state index in [1.807, 2.05) is 173 Å². The van der Waals surface area contributed by atoms with Crippen molar-refractivity contribution in [2.45, 2.75) is 412 Å². The highest BCUT2D eigenvalue weighted by Crippen LogP contribution is 2.50. The number of hydrogen-bond donors (Lipinski definition) is 0. The van der Waals surface area contributed by atoms with Crippen molar-refractivity contribution in [1.29, 1.82) is 0 Å². The van der Waals surface area contributed by atoms with Crippen molar-refractivity contribution in [3.63, 3.8) is 0 Å². The summed E-state index contributed by atoms with van der Waals surface area (Å²) < 4.78 is 35.5. The fourth-order valence-electron chi connectivity index (χ4n) is 14.1. The van der Waals surface area contributed by atoms with E-state index in [0.29, 0.717) is 0 Å². The fraction of sp³-hybridized carbons (Fsp3) is 0.763. The van der Waals surface area contributed by atoms with Gasteiger partial charge in [0.05, 0.1) is 32.5 Å². The van der Waals surface area contributed by atoms with Gasteiger partial charge in [0.1, 0.15) is 33.6 Å². The van der Waals surface area contributed by atoms with E-state index in [9.17, 15) is 28.8 Å². The minimum absolute atomic E-state index is 0.0207. The van der Waals surface area contributed by atoms with Crippen molar-refractivity contribution in [1.82, 2.24) is 0 Å². The van der Waals surface area contributed by atoms with Crippen LogP contribution in [0.25, 0.3) is 0 Å². The summed E-state index contributed by atoms with van der Waals surface area (Å²) in [5, 5.41) is 0. The van der Waals surface area contributed by atoms with Gasteiger partial charge in [0, 0.05) is 10.8 Å². The van der Waals surface area contributed by atoms with Gasteiger partial charge in [-0.25, -0.2) is 0 Å². The van der Waals surface area contributed by atoms with Crippen LogP contribution in [0.15, 0.2) is 86.0 Å². The summed E-state index contributed by atoms with van der Waals surface area (Å²) in [6, 6.07) is 20.5. The lowest BCUT2D eigenvalue weighted by molar-refractivity contribution is -0.190. The van der Waals surface area contributed by atoms with Gasteiger partial charge in [-0.3, -0.25) is 28.8 Å². The molecule has 0 radical (unpaired) electrons. The van der Waals surface area contributed by atoms with Crippen LogP contribution in [-0.4, -0.2) is 58.2 Å². The molecule has 598 valence electrons. The Morgan fingerprint density at radius 1 is 0.286 bits per heavy atom. The number of carbonyl (C=O) groups is 6.